The van der Waals surface area contributed by atoms with Gasteiger partial charge in [-0.2, -0.15) is 5.10 Å². The molecule has 1 aliphatic rings. The van der Waals surface area contributed by atoms with Gasteiger partial charge >= 0.3 is 0 Å². The second-order valence-electron chi connectivity index (χ2n) is 5.86. The number of hydrogen-bond donors (Lipinski definition) is 1. The summed E-state index contributed by atoms with van der Waals surface area (Å²) >= 11 is 5.97. The van der Waals surface area contributed by atoms with Crippen LogP contribution in [0.4, 0.5) is 5.69 Å². The Hall–Kier alpha value is -2.99. The van der Waals surface area contributed by atoms with Crippen LogP contribution in [0, 0.1) is 0 Å². The molecule has 1 aromatic carbocycles. The molecule has 0 radical (unpaired) electrons. The molecule has 1 unspecified atom stereocenters. The molecule has 0 saturated carbocycles. The molecular formula is C19H16ClN3O3. The summed E-state index contributed by atoms with van der Waals surface area (Å²) < 4.78 is 10.9. The maximum Gasteiger partial charge on any atom is 0.262 e. The van der Waals surface area contributed by atoms with E-state index in [4.69, 9.17) is 20.4 Å². The number of hydrogen-bond acceptors (Lipinski definition) is 5. The number of amides is 1. The molecule has 2 aromatic heterocycles. The third kappa shape index (κ3) is 3.36. The molecule has 0 bridgehead atoms. The molecule has 3 aromatic rings. The van der Waals surface area contributed by atoms with Crippen molar-refractivity contribution in [1.29, 1.82) is 0 Å². The number of nitrogens with one attached hydrogen (secondary N) is 1. The third-order valence-corrected chi connectivity index (χ3v) is 4.35. The summed E-state index contributed by atoms with van der Waals surface area (Å²) in [5.74, 6) is 1.17. The average Bonchev–Trinajstić information content (AvgIpc) is 3.40. The van der Waals surface area contributed by atoms with Gasteiger partial charge in [-0.15, -0.1) is 0 Å². The first-order chi connectivity index (χ1) is 12.7. The Morgan fingerprint density at radius 1 is 1.19 bits per heavy atom. The van der Waals surface area contributed by atoms with Crippen molar-refractivity contribution in [2.75, 3.05) is 11.9 Å². The molecule has 0 spiro atoms. The predicted molar refractivity (Wildman–Crippen MR) is 98.1 cm³/mol. The van der Waals surface area contributed by atoms with Crippen LogP contribution in [-0.2, 0) is 4.79 Å². The van der Waals surface area contributed by atoms with E-state index in [2.05, 4.69) is 10.4 Å². The van der Waals surface area contributed by atoms with Crippen molar-refractivity contribution in [3.63, 3.8) is 0 Å². The number of benzene rings is 1. The number of carbonyl (C=O) groups excluding carboxylic acids is 1. The van der Waals surface area contributed by atoms with Crippen molar-refractivity contribution in [3.8, 4) is 0 Å². The SMILES string of the molecule is O=C(CNc1cccc(Cl)c1)N1N=C(c2ccco2)CC1c1ccco1. The van der Waals surface area contributed by atoms with E-state index in [0.29, 0.717) is 28.7 Å². The molecule has 0 fully saturated rings. The summed E-state index contributed by atoms with van der Waals surface area (Å²) in [7, 11) is 0. The molecule has 6 nitrogen and oxygen atoms in total. The van der Waals surface area contributed by atoms with Gasteiger partial charge in [0, 0.05) is 17.1 Å². The van der Waals surface area contributed by atoms with Crippen molar-refractivity contribution in [2.45, 2.75) is 12.5 Å². The number of furan rings is 2. The minimum atomic E-state index is -0.293. The van der Waals surface area contributed by atoms with E-state index in [0.717, 1.165) is 5.69 Å². The van der Waals surface area contributed by atoms with E-state index in [-0.39, 0.29) is 18.5 Å². The number of halogens is 1. The zero-order chi connectivity index (χ0) is 17.9. The number of nitrogens with zero attached hydrogens (tertiary/aromatic N) is 2. The first-order valence-corrected chi connectivity index (χ1v) is 8.55. The van der Waals surface area contributed by atoms with Gasteiger partial charge in [0.25, 0.3) is 5.91 Å². The second kappa shape index (κ2) is 7.09. The first kappa shape index (κ1) is 16.5. The fourth-order valence-electron chi connectivity index (χ4n) is 2.89. The van der Waals surface area contributed by atoms with Crippen molar-refractivity contribution < 1.29 is 13.6 Å². The van der Waals surface area contributed by atoms with E-state index >= 15 is 0 Å². The summed E-state index contributed by atoms with van der Waals surface area (Å²) in [6.07, 6.45) is 3.71. The maximum absolute atomic E-state index is 12.8. The average molecular weight is 370 g/mol. The van der Waals surface area contributed by atoms with E-state index in [9.17, 15) is 4.79 Å². The molecule has 132 valence electrons. The van der Waals surface area contributed by atoms with Gasteiger partial charge in [-0.1, -0.05) is 17.7 Å². The fourth-order valence-corrected chi connectivity index (χ4v) is 3.08. The standard InChI is InChI=1S/C19H16ClN3O3/c20-13-4-1-5-14(10-13)21-12-19(24)23-16(18-7-3-9-26-18)11-15(22-23)17-6-2-8-25-17/h1-10,16,21H,11-12H2. The molecule has 1 amide bonds. The number of rotatable bonds is 5. The van der Waals surface area contributed by atoms with Gasteiger partial charge in [-0.05, 0) is 42.5 Å². The molecule has 0 saturated heterocycles. The van der Waals surface area contributed by atoms with Gasteiger partial charge in [-0.25, -0.2) is 5.01 Å². The molecule has 1 N–H and O–H groups in total. The van der Waals surface area contributed by atoms with Crippen LogP contribution in [-0.4, -0.2) is 23.2 Å². The number of carbonyl (C=O) groups is 1. The number of anilines is 1. The molecule has 7 heteroatoms. The minimum absolute atomic E-state index is 0.0898. The maximum atomic E-state index is 12.8. The molecular weight excluding hydrogens is 354 g/mol. The van der Waals surface area contributed by atoms with Crippen LogP contribution in [0.25, 0.3) is 0 Å². The van der Waals surface area contributed by atoms with Gasteiger partial charge in [0.15, 0.2) is 0 Å². The van der Waals surface area contributed by atoms with Crippen molar-refractivity contribution in [3.05, 3.63) is 77.6 Å². The minimum Gasteiger partial charge on any atom is -0.467 e. The normalized spacial score (nSPS) is 16.6. The van der Waals surface area contributed by atoms with Crippen LogP contribution in [0.3, 0.4) is 0 Å². The Kier molecular flexibility index (Phi) is 4.50. The Bertz CT molecular complexity index is 919. The van der Waals surface area contributed by atoms with Crippen LogP contribution < -0.4 is 5.32 Å². The van der Waals surface area contributed by atoms with Gasteiger partial charge in [0.2, 0.25) is 0 Å². The highest BCUT2D eigenvalue weighted by molar-refractivity contribution is 6.30. The van der Waals surface area contributed by atoms with Crippen molar-refractivity contribution in [2.24, 2.45) is 5.10 Å². The lowest BCUT2D eigenvalue weighted by atomic mass is 10.1. The highest BCUT2D eigenvalue weighted by atomic mass is 35.5. The summed E-state index contributed by atoms with van der Waals surface area (Å²) in [5, 5.41) is 9.62. The summed E-state index contributed by atoms with van der Waals surface area (Å²) in [4.78, 5) is 12.8. The Morgan fingerprint density at radius 2 is 2.04 bits per heavy atom. The van der Waals surface area contributed by atoms with Gasteiger partial charge in [-0.3, -0.25) is 4.79 Å². The molecule has 4 rings (SSSR count). The Morgan fingerprint density at radius 3 is 2.77 bits per heavy atom. The van der Waals surface area contributed by atoms with Crippen molar-refractivity contribution in [1.82, 2.24) is 5.01 Å². The first-order valence-electron chi connectivity index (χ1n) is 8.17. The zero-order valence-electron chi connectivity index (χ0n) is 13.8. The van der Waals surface area contributed by atoms with Crippen LogP contribution in [0.2, 0.25) is 5.02 Å². The Balaban J connectivity index is 1.53. The monoisotopic (exact) mass is 369 g/mol. The molecule has 1 atom stereocenters. The van der Waals surface area contributed by atoms with E-state index < -0.39 is 0 Å². The van der Waals surface area contributed by atoms with E-state index in [1.807, 2.05) is 24.3 Å². The van der Waals surface area contributed by atoms with Crippen molar-refractivity contribution >= 4 is 28.9 Å². The summed E-state index contributed by atoms with van der Waals surface area (Å²) in [6.45, 7) is 0.0898. The zero-order valence-corrected chi connectivity index (χ0v) is 14.5. The lowest BCUT2D eigenvalue weighted by Gasteiger charge is -2.20. The highest BCUT2D eigenvalue weighted by Crippen LogP contribution is 2.33. The predicted octanol–water partition coefficient (Wildman–Crippen LogP) is 4.32. The van der Waals surface area contributed by atoms with Gasteiger partial charge in [0.05, 0.1) is 19.1 Å². The fraction of sp³-hybridized carbons (Fsp3) is 0.158. The Labute approximate surface area is 155 Å². The third-order valence-electron chi connectivity index (χ3n) is 4.11. The number of hydrazone groups is 1. The van der Waals surface area contributed by atoms with Crippen LogP contribution in [0.1, 0.15) is 24.0 Å². The molecule has 1 aliphatic heterocycles. The van der Waals surface area contributed by atoms with Crippen LogP contribution >= 0.6 is 11.6 Å². The highest BCUT2D eigenvalue weighted by Gasteiger charge is 2.35. The lowest BCUT2D eigenvalue weighted by Crippen LogP contribution is -2.32. The topological polar surface area (TPSA) is 71.0 Å². The molecule has 0 aliphatic carbocycles. The second-order valence-corrected chi connectivity index (χ2v) is 6.30. The van der Waals surface area contributed by atoms with Crippen LogP contribution in [0.15, 0.2) is 75.0 Å². The quantitative estimate of drug-likeness (QED) is 0.727. The molecule has 3 heterocycles. The largest absolute Gasteiger partial charge is 0.467 e. The van der Waals surface area contributed by atoms with Gasteiger partial charge in [0.1, 0.15) is 23.3 Å². The van der Waals surface area contributed by atoms with Crippen LogP contribution in [0.5, 0.6) is 0 Å². The molecule has 26 heavy (non-hydrogen) atoms. The van der Waals surface area contributed by atoms with E-state index in [1.54, 1.807) is 36.8 Å². The summed E-state index contributed by atoms with van der Waals surface area (Å²) in [5.41, 5.74) is 1.49. The summed E-state index contributed by atoms with van der Waals surface area (Å²) in [6, 6.07) is 14.2. The lowest BCUT2D eigenvalue weighted by molar-refractivity contribution is -0.131. The van der Waals surface area contributed by atoms with Gasteiger partial charge < -0.3 is 14.2 Å². The van der Waals surface area contributed by atoms with E-state index in [1.165, 1.54) is 5.01 Å². The smallest absolute Gasteiger partial charge is 0.262 e.